The van der Waals surface area contributed by atoms with Gasteiger partial charge in [0.05, 0.1) is 0 Å². The number of carbonyl (C=O) groups is 1. The number of carbonyl (C=O) groups excluding carboxylic acids is 1. The van der Waals surface area contributed by atoms with Gasteiger partial charge in [0.2, 0.25) is 0 Å². The van der Waals surface area contributed by atoms with E-state index >= 15 is 0 Å². The number of nitrogens with two attached hydrogens (primary N) is 1. The standard InChI is InChI=1S/C19H22N2OS/c20-16-8-6-7-15(13-16)18(22)21-14-19(11-4-5-12-19)23-17-9-2-1-3-10-17/h1-3,6-10,13H,4-5,11-12,14,20H2,(H,21,22). The predicted octanol–water partition coefficient (Wildman–Crippen LogP) is 4.10. The average Bonchev–Trinajstić information content (AvgIpc) is 3.02. The molecule has 1 amide bonds. The summed E-state index contributed by atoms with van der Waals surface area (Å²) in [6.45, 7) is 0.695. The molecule has 0 unspecified atom stereocenters. The second-order valence-corrected chi connectivity index (χ2v) is 7.65. The number of anilines is 1. The van der Waals surface area contributed by atoms with Crippen molar-refractivity contribution in [2.45, 2.75) is 35.3 Å². The SMILES string of the molecule is Nc1cccc(C(=O)NCC2(Sc3ccccc3)CCCC2)c1. The van der Waals surface area contributed by atoms with Crippen molar-refractivity contribution in [1.82, 2.24) is 5.32 Å². The van der Waals surface area contributed by atoms with Crippen LogP contribution < -0.4 is 11.1 Å². The third-order valence-electron chi connectivity index (χ3n) is 4.31. The normalized spacial score (nSPS) is 16.2. The summed E-state index contributed by atoms with van der Waals surface area (Å²) < 4.78 is 0.108. The van der Waals surface area contributed by atoms with Gasteiger partial charge in [-0.1, -0.05) is 37.1 Å². The average molecular weight is 326 g/mol. The van der Waals surface area contributed by atoms with E-state index < -0.39 is 0 Å². The molecule has 23 heavy (non-hydrogen) atoms. The van der Waals surface area contributed by atoms with E-state index in [1.165, 1.54) is 17.7 Å². The van der Waals surface area contributed by atoms with Gasteiger partial charge < -0.3 is 11.1 Å². The molecular formula is C19H22N2OS. The highest BCUT2D eigenvalue weighted by molar-refractivity contribution is 8.00. The molecule has 4 heteroatoms. The highest BCUT2D eigenvalue weighted by Crippen LogP contribution is 2.44. The summed E-state index contributed by atoms with van der Waals surface area (Å²) in [5.74, 6) is -0.0442. The fraction of sp³-hybridized carbons (Fsp3) is 0.316. The molecule has 0 saturated heterocycles. The highest BCUT2D eigenvalue weighted by Gasteiger charge is 2.35. The van der Waals surface area contributed by atoms with Gasteiger partial charge >= 0.3 is 0 Å². The number of nitrogen functional groups attached to an aromatic ring is 1. The summed E-state index contributed by atoms with van der Waals surface area (Å²) in [5.41, 5.74) is 7.00. The molecule has 0 heterocycles. The van der Waals surface area contributed by atoms with E-state index in [-0.39, 0.29) is 10.7 Å². The van der Waals surface area contributed by atoms with Crippen molar-refractivity contribution in [3.63, 3.8) is 0 Å². The molecule has 0 radical (unpaired) electrons. The van der Waals surface area contributed by atoms with Gasteiger partial charge in [-0.3, -0.25) is 4.79 Å². The Morgan fingerprint density at radius 2 is 1.83 bits per heavy atom. The molecule has 1 fully saturated rings. The van der Waals surface area contributed by atoms with Crippen molar-refractivity contribution >= 4 is 23.4 Å². The first-order valence-electron chi connectivity index (χ1n) is 8.05. The van der Waals surface area contributed by atoms with E-state index in [0.717, 1.165) is 12.8 Å². The van der Waals surface area contributed by atoms with Crippen LogP contribution in [0, 0.1) is 0 Å². The maximum absolute atomic E-state index is 12.4. The van der Waals surface area contributed by atoms with Gasteiger partial charge in [-0.15, -0.1) is 11.8 Å². The molecule has 2 aromatic rings. The van der Waals surface area contributed by atoms with E-state index in [0.29, 0.717) is 17.8 Å². The van der Waals surface area contributed by atoms with E-state index in [1.807, 2.05) is 23.9 Å². The Balaban J connectivity index is 1.67. The van der Waals surface area contributed by atoms with Crippen LogP contribution in [-0.2, 0) is 0 Å². The Kier molecular flexibility index (Phi) is 4.91. The molecule has 0 aliphatic heterocycles. The van der Waals surface area contributed by atoms with Crippen LogP contribution in [0.4, 0.5) is 5.69 Å². The zero-order chi connectivity index (χ0) is 16.1. The first-order chi connectivity index (χ1) is 11.2. The zero-order valence-corrected chi connectivity index (χ0v) is 13.9. The summed E-state index contributed by atoms with van der Waals surface area (Å²) in [6, 6.07) is 17.6. The molecule has 1 aliphatic carbocycles. The fourth-order valence-electron chi connectivity index (χ4n) is 3.10. The van der Waals surface area contributed by atoms with Crippen molar-refractivity contribution in [3.05, 3.63) is 60.2 Å². The Morgan fingerprint density at radius 1 is 1.09 bits per heavy atom. The Hall–Kier alpha value is -1.94. The van der Waals surface area contributed by atoms with E-state index in [9.17, 15) is 4.79 Å². The van der Waals surface area contributed by atoms with Crippen LogP contribution in [-0.4, -0.2) is 17.2 Å². The maximum atomic E-state index is 12.4. The number of amides is 1. The minimum Gasteiger partial charge on any atom is -0.399 e. The van der Waals surface area contributed by atoms with E-state index in [4.69, 9.17) is 5.73 Å². The number of nitrogens with one attached hydrogen (secondary N) is 1. The largest absolute Gasteiger partial charge is 0.399 e. The topological polar surface area (TPSA) is 55.1 Å². The molecule has 3 N–H and O–H groups in total. The van der Waals surface area contributed by atoms with Crippen molar-refractivity contribution in [2.75, 3.05) is 12.3 Å². The Bertz CT molecular complexity index is 666. The van der Waals surface area contributed by atoms with Gasteiger partial charge in [0.1, 0.15) is 0 Å². The van der Waals surface area contributed by atoms with Crippen molar-refractivity contribution in [3.8, 4) is 0 Å². The third kappa shape index (κ3) is 4.08. The molecule has 1 aliphatic rings. The highest BCUT2D eigenvalue weighted by atomic mass is 32.2. The predicted molar refractivity (Wildman–Crippen MR) is 96.7 cm³/mol. The third-order valence-corrected chi connectivity index (χ3v) is 5.81. The molecule has 0 spiro atoms. The summed E-state index contributed by atoms with van der Waals surface area (Å²) in [5, 5.41) is 3.11. The van der Waals surface area contributed by atoms with Crippen LogP contribution in [0.3, 0.4) is 0 Å². The van der Waals surface area contributed by atoms with Gasteiger partial charge in [-0.05, 0) is 43.2 Å². The minimum atomic E-state index is -0.0442. The second kappa shape index (κ2) is 7.09. The van der Waals surface area contributed by atoms with Crippen molar-refractivity contribution in [1.29, 1.82) is 0 Å². The van der Waals surface area contributed by atoms with Gasteiger partial charge in [0.15, 0.2) is 0 Å². The van der Waals surface area contributed by atoms with Gasteiger partial charge in [0, 0.05) is 27.4 Å². The lowest BCUT2D eigenvalue weighted by molar-refractivity contribution is 0.0949. The van der Waals surface area contributed by atoms with E-state index in [2.05, 4.69) is 29.6 Å². The smallest absolute Gasteiger partial charge is 0.251 e. The Labute approximate surface area is 141 Å². The first kappa shape index (κ1) is 15.9. The number of rotatable bonds is 5. The molecule has 3 nitrogen and oxygen atoms in total. The molecule has 0 atom stereocenters. The lowest BCUT2D eigenvalue weighted by Crippen LogP contribution is -2.38. The summed E-state index contributed by atoms with van der Waals surface area (Å²) >= 11 is 1.90. The van der Waals surface area contributed by atoms with Crippen molar-refractivity contribution < 1.29 is 4.79 Å². The van der Waals surface area contributed by atoms with Gasteiger partial charge in [-0.25, -0.2) is 0 Å². The number of hydrogen-bond donors (Lipinski definition) is 2. The molecule has 1 saturated carbocycles. The molecule has 3 rings (SSSR count). The minimum absolute atomic E-state index is 0.0442. The summed E-state index contributed by atoms with van der Waals surface area (Å²) in [7, 11) is 0. The lowest BCUT2D eigenvalue weighted by Gasteiger charge is -2.28. The number of thioether (sulfide) groups is 1. The van der Waals surface area contributed by atoms with Gasteiger partial charge in [-0.2, -0.15) is 0 Å². The van der Waals surface area contributed by atoms with Crippen LogP contribution in [0.25, 0.3) is 0 Å². The van der Waals surface area contributed by atoms with Crippen LogP contribution in [0.15, 0.2) is 59.5 Å². The first-order valence-corrected chi connectivity index (χ1v) is 8.86. The lowest BCUT2D eigenvalue weighted by atomic mass is 10.1. The zero-order valence-electron chi connectivity index (χ0n) is 13.1. The van der Waals surface area contributed by atoms with Crippen LogP contribution >= 0.6 is 11.8 Å². The summed E-state index contributed by atoms with van der Waals surface area (Å²) in [4.78, 5) is 13.6. The summed E-state index contributed by atoms with van der Waals surface area (Å²) in [6.07, 6.45) is 4.75. The van der Waals surface area contributed by atoms with Gasteiger partial charge in [0.25, 0.3) is 5.91 Å². The number of benzene rings is 2. The quantitative estimate of drug-likeness (QED) is 0.813. The van der Waals surface area contributed by atoms with Crippen LogP contribution in [0.2, 0.25) is 0 Å². The molecule has 120 valence electrons. The van der Waals surface area contributed by atoms with Crippen LogP contribution in [0.1, 0.15) is 36.0 Å². The molecule has 2 aromatic carbocycles. The van der Waals surface area contributed by atoms with Crippen LogP contribution in [0.5, 0.6) is 0 Å². The molecule has 0 bridgehead atoms. The second-order valence-electron chi connectivity index (χ2n) is 6.11. The Morgan fingerprint density at radius 3 is 2.52 bits per heavy atom. The monoisotopic (exact) mass is 326 g/mol. The van der Waals surface area contributed by atoms with Crippen molar-refractivity contribution in [2.24, 2.45) is 0 Å². The molecule has 0 aromatic heterocycles. The maximum Gasteiger partial charge on any atom is 0.251 e. The number of hydrogen-bond acceptors (Lipinski definition) is 3. The van der Waals surface area contributed by atoms with E-state index in [1.54, 1.807) is 18.2 Å². The molecular weight excluding hydrogens is 304 g/mol. The fourth-order valence-corrected chi connectivity index (χ4v) is 4.53.